The van der Waals surface area contributed by atoms with Crippen LogP contribution in [0.2, 0.25) is 0 Å². The van der Waals surface area contributed by atoms with E-state index in [9.17, 15) is 18.4 Å². The molecule has 19 heavy (non-hydrogen) atoms. The van der Waals surface area contributed by atoms with Gasteiger partial charge in [-0.2, -0.15) is 0 Å². The number of alkyl halides is 2. The van der Waals surface area contributed by atoms with Crippen molar-refractivity contribution in [3.63, 3.8) is 0 Å². The summed E-state index contributed by atoms with van der Waals surface area (Å²) in [6.45, 7) is 0.675. The maximum absolute atomic E-state index is 12.9. The van der Waals surface area contributed by atoms with Crippen molar-refractivity contribution in [2.24, 2.45) is 0 Å². The predicted molar refractivity (Wildman–Crippen MR) is 61.2 cm³/mol. The number of aromatic nitrogens is 2. The van der Waals surface area contributed by atoms with Gasteiger partial charge in [0.2, 0.25) is 0 Å². The van der Waals surface area contributed by atoms with E-state index in [0.29, 0.717) is 0 Å². The normalized spacial score (nSPS) is 27.1. The first-order chi connectivity index (χ1) is 8.89. The first kappa shape index (κ1) is 13.9. The zero-order valence-electron chi connectivity index (χ0n) is 10.2. The number of halogens is 2. The van der Waals surface area contributed by atoms with Gasteiger partial charge in [-0.25, -0.2) is 13.6 Å². The smallest absolute Gasteiger partial charge is 0.330 e. The molecule has 106 valence electrons. The lowest BCUT2D eigenvalue weighted by molar-refractivity contribution is -0.169. The lowest BCUT2D eigenvalue weighted by Crippen LogP contribution is -2.42. The Bertz CT molecular complexity index is 583. The van der Waals surface area contributed by atoms with Crippen molar-refractivity contribution in [1.82, 2.24) is 9.55 Å². The summed E-state index contributed by atoms with van der Waals surface area (Å²) in [6, 6.07) is 0. The molecule has 6 nitrogen and oxygen atoms in total. The quantitative estimate of drug-likeness (QED) is 0.823. The fraction of sp³-hybridized carbons (Fsp3) is 0.636. The molecule has 2 atom stereocenters. The van der Waals surface area contributed by atoms with Crippen LogP contribution in [0, 0.1) is 6.92 Å². The van der Waals surface area contributed by atoms with Gasteiger partial charge in [0, 0.05) is 11.8 Å². The Kier molecular flexibility index (Phi) is 3.55. The molecule has 0 aromatic carbocycles. The fourth-order valence-electron chi connectivity index (χ4n) is 2.10. The third kappa shape index (κ3) is 2.33. The molecule has 2 rings (SSSR count). The number of rotatable bonds is 3. The van der Waals surface area contributed by atoms with E-state index in [-0.39, 0.29) is 18.4 Å². The molecule has 0 bridgehead atoms. The number of hydrogen-bond donors (Lipinski definition) is 2. The molecular weight excluding hydrogens is 262 g/mol. The monoisotopic (exact) mass is 276 g/mol. The molecule has 1 aromatic rings. The van der Waals surface area contributed by atoms with Crippen molar-refractivity contribution < 1.29 is 18.6 Å². The largest absolute Gasteiger partial charge is 0.393 e. The van der Waals surface area contributed by atoms with E-state index in [2.05, 4.69) is 4.98 Å². The van der Waals surface area contributed by atoms with Crippen LogP contribution in [0.15, 0.2) is 15.8 Å². The minimum absolute atomic E-state index is 0.0591. The second-order valence-corrected chi connectivity index (χ2v) is 4.61. The summed E-state index contributed by atoms with van der Waals surface area (Å²) in [5.41, 5.74) is -2.90. The minimum Gasteiger partial charge on any atom is -0.393 e. The second-order valence-electron chi connectivity index (χ2n) is 4.61. The van der Waals surface area contributed by atoms with E-state index in [0.717, 1.165) is 4.57 Å². The van der Waals surface area contributed by atoms with Gasteiger partial charge in [0.05, 0.1) is 6.61 Å². The molecule has 2 N–H and O–H groups in total. The Morgan fingerprint density at radius 1 is 1.63 bits per heavy atom. The second kappa shape index (κ2) is 4.86. The predicted octanol–water partition coefficient (Wildman–Crippen LogP) is 0.150. The zero-order chi connectivity index (χ0) is 14.2. The molecule has 0 unspecified atom stereocenters. The van der Waals surface area contributed by atoms with Crippen molar-refractivity contribution in [2.45, 2.75) is 38.0 Å². The van der Waals surface area contributed by atoms with Crippen LogP contribution in [0.5, 0.6) is 0 Å². The van der Waals surface area contributed by atoms with Gasteiger partial charge in [-0.3, -0.25) is 14.3 Å². The molecule has 1 aromatic heterocycles. The van der Waals surface area contributed by atoms with E-state index in [1.807, 2.05) is 0 Å². The summed E-state index contributed by atoms with van der Waals surface area (Å²) >= 11 is 0. The van der Waals surface area contributed by atoms with Gasteiger partial charge in [0.15, 0.2) is 5.60 Å². The number of ether oxygens (including phenoxy) is 1. The van der Waals surface area contributed by atoms with Gasteiger partial charge in [-0.15, -0.1) is 0 Å². The first-order valence-electron chi connectivity index (χ1n) is 5.78. The van der Waals surface area contributed by atoms with E-state index in [1.165, 1.54) is 13.1 Å². The summed E-state index contributed by atoms with van der Waals surface area (Å²) < 4.78 is 32.0. The van der Waals surface area contributed by atoms with Gasteiger partial charge < -0.3 is 9.84 Å². The van der Waals surface area contributed by atoms with Gasteiger partial charge in [-0.05, 0) is 19.8 Å². The summed E-state index contributed by atoms with van der Waals surface area (Å²) in [7, 11) is 0. The third-order valence-corrected chi connectivity index (χ3v) is 3.31. The average Bonchev–Trinajstić information content (AvgIpc) is 2.79. The number of H-pyrrole nitrogens is 1. The Morgan fingerprint density at radius 3 is 2.84 bits per heavy atom. The molecule has 0 spiro atoms. The van der Waals surface area contributed by atoms with Crippen LogP contribution in [-0.2, 0) is 4.74 Å². The summed E-state index contributed by atoms with van der Waals surface area (Å²) in [5.74, 6) is 0. The van der Waals surface area contributed by atoms with Crippen molar-refractivity contribution in [3.8, 4) is 0 Å². The summed E-state index contributed by atoms with van der Waals surface area (Å²) in [6.07, 6.45) is -2.39. The molecule has 1 aliphatic rings. The zero-order valence-corrected chi connectivity index (χ0v) is 10.2. The molecule has 1 fully saturated rings. The molecule has 0 saturated carbocycles. The highest BCUT2D eigenvalue weighted by molar-refractivity contribution is 5.02. The number of hydrogen-bond acceptors (Lipinski definition) is 4. The molecule has 8 heteroatoms. The molecular formula is C11H14F2N2O4. The number of nitrogens with one attached hydrogen (secondary N) is 1. The Labute approximate surface area is 106 Å². The number of nitrogens with zero attached hydrogens (tertiary/aromatic N) is 1. The SMILES string of the molecule is Cc1cn([C@@H]2CC[C@@](CO)(C(F)F)O2)c(=O)[nH]c1=O. The Hall–Kier alpha value is -1.54. The molecule has 0 radical (unpaired) electrons. The van der Waals surface area contributed by atoms with Crippen LogP contribution in [0.4, 0.5) is 8.78 Å². The standard InChI is InChI=1S/C11H14F2N2O4/c1-6-4-15(10(18)14-8(6)17)7-2-3-11(5-16,19-7)9(12)13/h4,7,9,16H,2-3,5H2,1H3,(H,14,17,18)/t7-,11+/m0/s1. The van der Waals surface area contributed by atoms with Crippen molar-refractivity contribution >= 4 is 0 Å². The van der Waals surface area contributed by atoms with E-state index >= 15 is 0 Å². The highest BCUT2D eigenvalue weighted by Gasteiger charge is 2.48. The van der Waals surface area contributed by atoms with Crippen LogP contribution in [-0.4, -0.2) is 33.3 Å². The number of aromatic amines is 1. The maximum Gasteiger partial charge on any atom is 0.330 e. The lowest BCUT2D eigenvalue weighted by Gasteiger charge is -2.26. The number of aryl methyl sites for hydroxylation is 1. The third-order valence-electron chi connectivity index (χ3n) is 3.31. The number of aliphatic hydroxyl groups excluding tert-OH is 1. The molecule has 2 heterocycles. The summed E-state index contributed by atoms with van der Waals surface area (Å²) in [4.78, 5) is 24.9. The minimum atomic E-state index is -2.85. The van der Waals surface area contributed by atoms with Crippen LogP contribution in [0.3, 0.4) is 0 Å². The van der Waals surface area contributed by atoms with Crippen molar-refractivity contribution in [1.29, 1.82) is 0 Å². The van der Waals surface area contributed by atoms with Crippen molar-refractivity contribution in [2.75, 3.05) is 6.61 Å². The van der Waals surface area contributed by atoms with E-state index in [4.69, 9.17) is 9.84 Å². The van der Waals surface area contributed by atoms with Gasteiger partial charge >= 0.3 is 5.69 Å². The Balaban J connectivity index is 2.34. The number of aliphatic hydroxyl groups is 1. The lowest BCUT2D eigenvalue weighted by atomic mass is 10.0. The highest BCUT2D eigenvalue weighted by Crippen LogP contribution is 2.39. The van der Waals surface area contributed by atoms with Crippen LogP contribution >= 0.6 is 0 Å². The molecule has 0 amide bonds. The topological polar surface area (TPSA) is 84.3 Å². The summed E-state index contributed by atoms with van der Waals surface area (Å²) in [5, 5.41) is 9.07. The van der Waals surface area contributed by atoms with Crippen molar-refractivity contribution in [3.05, 3.63) is 32.6 Å². The molecule has 1 aliphatic heterocycles. The van der Waals surface area contributed by atoms with Crippen LogP contribution < -0.4 is 11.2 Å². The Morgan fingerprint density at radius 2 is 2.32 bits per heavy atom. The first-order valence-corrected chi connectivity index (χ1v) is 5.78. The van der Waals surface area contributed by atoms with Gasteiger partial charge in [0.25, 0.3) is 12.0 Å². The average molecular weight is 276 g/mol. The molecule has 0 aliphatic carbocycles. The maximum atomic E-state index is 12.9. The van der Waals surface area contributed by atoms with E-state index in [1.54, 1.807) is 0 Å². The van der Waals surface area contributed by atoms with Crippen LogP contribution in [0.1, 0.15) is 24.6 Å². The van der Waals surface area contributed by atoms with Gasteiger partial charge in [0.1, 0.15) is 6.23 Å². The van der Waals surface area contributed by atoms with Crippen LogP contribution in [0.25, 0.3) is 0 Å². The highest BCUT2D eigenvalue weighted by atomic mass is 19.3. The fourth-order valence-corrected chi connectivity index (χ4v) is 2.10. The van der Waals surface area contributed by atoms with E-state index < -0.39 is 36.1 Å². The van der Waals surface area contributed by atoms with Gasteiger partial charge in [-0.1, -0.05) is 0 Å². The molecule has 1 saturated heterocycles.